The number of halogens is 1. The molecule has 1 atom stereocenters. The van der Waals surface area contributed by atoms with Crippen molar-refractivity contribution in [2.75, 3.05) is 10.6 Å². The number of carbonyl (C=O) groups is 3. The van der Waals surface area contributed by atoms with E-state index in [0.717, 1.165) is 16.0 Å². The van der Waals surface area contributed by atoms with E-state index in [1.54, 1.807) is 72.8 Å². The SMILES string of the molecule is Cc1ccccc1/C=C(\NC(=O)c1ccccc1)C(=O)Nc1cccc(SC(C)C(=O)Nc2ccc(Cl)cc2)c1. The van der Waals surface area contributed by atoms with Gasteiger partial charge in [-0.05, 0) is 85.6 Å². The van der Waals surface area contributed by atoms with Crippen molar-refractivity contribution in [3.63, 3.8) is 0 Å². The van der Waals surface area contributed by atoms with Gasteiger partial charge in [0.25, 0.3) is 11.8 Å². The van der Waals surface area contributed by atoms with Gasteiger partial charge in [0.1, 0.15) is 5.70 Å². The van der Waals surface area contributed by atoms with Crippen LogP contribution in [-0.2, 0) is 9.59 Å². The molecule has 0 radical (unpaired) electrons. The van der Waals surface area contributed by atoms with Gasteiger partial charge in [0.2, 0.25) is 5.91 Å². The van der Waals surface area contributed by atoms with E-state index in [4.69, 9.17) is 11.6 Å². The number of hydrogen-bond acceptors (Lipinski definition) is 4. The molecule has 1 unspecified atom stereocenters. The molecule has 0 aliphatic carbocycles. The summed E-state index contributed by atoms with van der Waals surface area (Å²) in [6, 6.07) is 30.4. The van der Waals surface area contributed by atoms with Crippen molar-refractivity contribution in [1.29, 1.82) is 0 Å². The van der Waals surface area contributed by atoms with E-state index in [1.165, 1.54) is 11.8 Å². The molecule has 4 rings (SSSR count). The van der Waals surface area contributed by atoms with Gasteiger partial charge in [0, 0.05) is 26.9 Å². The van der Waals surface area contributed by atoms with E-state index in [9.17, 15) is 14.4 Å². The summed E-state index contributed by atoms with van der Waals surface area (Å²) in [4.78, 5) is 39.8. The molecule has 40 heavy (non-hydrogen) atoms. The fourth-order valence-corrected chi connectivity index (χ4v) is 4.78. The predicted octanol–water partition coefficient (Wildman–Crippen LogP) is 7.18. The molecule has 4 aromatic carbocycles. The van der Waals surface area contributed by atoms with Crippen LogP contribution in [0.3, 0.4) is 0 Å². The lowest BCUT2D eigenvalue weighted by Crippen LogP contribution is -2.30. The van der Waals surface area contributed by atoms with Crippen LogP contribution in [0.5, 0.6) is 0 Å². The topological polar surface area (TPSA) is 87.3 Å². The van der Waals surface area contributed by atoms with Gasteiger partial charge in [0.15, 0.2) is 0 Å². The molecular formula is C32H28ClN3O3S. The Balaban J connectivity index is 1.48. The van der Waals surface area contributed by atoms with Crippen molar-refractivity contribution in [3.8, 4) is 0 Å². The van der Waals surface area contributed by atoms with Crippen molar-refractivity contribution in [2.45, 2.75) is 24.0 Å². The minimum Gasteiger partial charge on any atom is -0.325 e. The third-order valence-electron chi connectivity index (χ3n) is 5.90. The van der Waals surface area contributed by atoms with Crippen molar-refractivity contribution >= 4 is 58.5 Å². The summed E-state index contributed by atoms with van der Waals surface area (Å²) in [5.41, 5.74) is 3.52. The average Bonchev–Trinajstić information content (AvgIpc) is 2.95. The summed E-state index contributed by atoms with van der Waals surface area (Å²) in [5, 5.41) is 8.71. The maximum atomic E-state index is 13.4. The lowest BCUT2D eigenvalue weighted by Gasteiger charge is -2.14. The van der Waals surface area contributed by atoms with Crippen LogP contribution < -0.4 is 16.0 Å². The Hall–Kier alpha value is -4.33. The highest BCUT2D eigenvalue weighted by atomic mass is 35.5. The molecule has 0 saturated heterocycles. The summed E-state index contributed by atoms with van der Waals surface area (Å²) in [7, 11) is 0. The molecule has 0 fully saturated rings. The van der Waals surface area contributed by atoms with Gasteiger partial charge < -0.3 is 16.0 Å². The van der Waals surface area contributed by atoms with Crippen LogP contribution in [0.15, 0.2) is 114 Å². The number of anilines is 2. The zero-order valence-corrected chi connectivity index (χ0v) is 23.6. The van der Waals surface area contributed by atoms with Crippen molar-refractivity contribution in [3.05, 3.63) is 131 Å². The lowest BCUT2D eigenvalue weighted by molar-refractivity contribution is -0.115. The molecule has 0 aliphatic rings. The van der Waals surface area contributed by atoms with E-state index >= 15 is 0 Å². The van der Waals surface area contributed by atoms with Crippen LogP contribution in [0.1, 0.15) is 28.4 Å². The molecule has 4 aromatic rings. The number of aryl methyl sites for hydroxylation is 1. The highest BCUT2D eigenvalue weighted by Crippen LogP contribution is 2.27. The smallest absolute Gasteiger partial charge is 0.272 e. The maximum Gasteiger partial charge on any atom is 0.272 e. The molecule has 3 N–H and O–H groups in total. The van der Waals surface area contributed by atoms with Gasteiger partial charge in [-0.15, -0.1) is 11.8 Å². The second kappa shape index (κ2) is 13.6. The Morgan fingerprint density at radius 1 is 0.800 bits per heavy atom. The van der Waals surface area contributed by atoms with Crippen LogP contribution in [0.4, 0.5) is 11.4 Å². The van der Waals surface area contributed by atoms with Crippen molar-refractivity contribution in [2.24, 2.45) is 0 Å². The molecule has 202 valence electrons. The standard InChI is InChI=1S/C32H28ClN3O3S/c1-21-9-6-7-12-24(21)19-29(36-31(38)23-10-4-3-5-11-23)32(39)35-27-13-8-14-28(20-27)40-22(2)30(37)34-26-17-15-25(33)16-18-26/h3-20,22H,1-2H3,(H,34,37)(H,35,39)(H,36,38)/b29-19-. The molecule has 0 aromatic heterocycles. The van der Waals surface area contributed by atoms with Crippen LogP contribution >= 0.6 is 23.4 Å². The molecule has 6 nitrogen and oxygen atoms in total. The van der Waals surface area contributed by atoms with Gasteiger partial charge in [-0.3, -0.25) is 14.4 Å². The van der Waals surface area contributed by atoms with Gasteiger partial charge in [-0.1, -0.05) is 60.1 Å². The highest BCUT2D eigenvalue weighted by molar-refractivity contribution is 8.00. The van der Waals surface area contributed by atoms with Crippen molar-refractivity contribution in [1.82, 2.24) is 5.32 Å². The monoisotopic (exact) mass is 569 g/mol. The van der Waals surface area contributed by atoms with Crippen molar-refractivity contribution < 1.29 is 14.4 Å². The van der Waals surface area contributed by atoms with Crippen LogP contribution in [0, 0.1) is 6.92 Å². The third-order valence-corrected chi connectivity index (χ3v) is 7.25. The number of nitrogens with one attached hydrogen (secondary N) is 3. The first-order valence-corrected chi connectivity index (χ1v) is 13.8. The summed E-state index contributed by atoms with van der Waals surface area (Å²) >= 11 is 7.28. The first-order chi connectivity index (χ1) is 19.3. The minimum atomic E-state index is -0.469. The zero-order valence-electron chi connectivity index (χ0n) is 22.0. The average molecular weight is 570 g/mol. The maximum absolute atomic E-state index is 13.4. The summed E-state index contributed by atoms with van der Waals surface area (Å²) < 4.78 is 0. The van der Waals surface area contributed by atoms with Crippen LogP contribution in [0.25, 0.3) is 6.08 Å². The molecule has 0 bridgehead atoms. The normalized spacial score (nSPS) is 11.8. The fraction of sp³-hybridized carbons (Fsp3) is 0.0938. The van der Waals surface area contributed by atoms with E-state index in [2.05, 4.69) is 16.0 Å². The quantitative estimate of drug-likeness (QED) is 0.147. The Morgan fingerprint density at radius 2 is 1.50 bits per heavy atom. The predicted molar refractivity (Wildman–Crippen MR) is 164 cm³/mol. The molecule has 0 saturated carbocycles. The second-order valence-electron chi connectivity index (χ2n) is 8.97. The minimum absolute atomic E-state index is 0.108. The third kappa shape index (κ3) is 8.09. The lowest BCUT2D eigenvalue weighted by atomic mass is 10.1. The number of thioether (sulfide) groups is 1. The zero-order chi connectivity index (χ0) is 28.5. The fourth-order valence-electron chi connectivity index (χ4n) is 3.73. The van der Waals surface area contributed by atoms with E-state index < -0.39 is 11.2 Å². The number of rotatable bonds is 9. The highest BCUT2D eigenvalue weighted by Gasteiger charge is 2.17. The number of carbonyl (C=O) groups excluding carboxylic acids is 3. The number of hydrogen-bond donors (Lipinski definition) is 3. The Labute approximate surface area is 242 Å². The number of benzene rings is 4. The van der Waals surface area contributed by atoms with E-state index in [1.807, 2.05) is 50.2 Å². The molecule has 0 spiro atoms. The summed E-state index contributed by atoms with van der Waals surface area (Å²) in [6.07, 6.45) is 1.66. The largest absolute Gasteiger partial charge is 0.325 e. The van der Waals surface area contributed by atoms with Gasteiger partial charge >= 0.3 is 0 Å². The Kier molecular flexibility index (Phi) is 9.78. The first-order valence-electron chi connectivity index (χ1n) is 12.6. The Bertz CT molecular complexity index is 1540. The second-order valence-corrected chi connectivity index (χ2v) is 10.8. The van der Waals surface area contributed by atoms with Crippen LogP contribution in [0.2, 0.25) is 5.02 Å². The Morgan fingerprint density at radius 3 is 2.23 bits per heavy atom. The molecule has 3 amide bonds. The van der Waals surface area contributed by atoms with Gasteiger partial charge in [-0.25, -0.2) is 0 Å². The van der Waals surface area contributed by atoms with Gasteiger partial charge in [0.05, 0.1) is 5.25 Å². The molecule has 0 aliphatic heterocycles. The first kappa shape index (κ1) is 28.7. The van der Waals surface area contributed by atoms with E-state index in [-0.39, 0.29) is 17.5 Å². The number of amides is 3. The molecule has 0 heterocycles. The van der Waals surface area contributed by atoms with Crippen LogP contribution in [-0.4, -0.2) is 23.0 Å². The summed E-state index contributed by atoms with van der Waals surface area (Å²) in [5.74, 6) is -1.02. The molecular weight excluding hydrogens is 542 g/mol. The van der Waals surface area contributed by atoms with E-state index in [0.29, 0.717) is 22.0 Å². The molecule has 8 heteroatoms. The van der Waals surface area contributed by atoms with Gasteiger partial charge in [-0.2, -0.15) is 0 Å². The summed E-state index contributed by atoms with van der Waals surface area (Å²) in [6.45, 7) is 3.74.